The van der Waals surface area contributed by atoms with Crippen LogP contribution in [0, 0.1) is 0 Å². The van der Waals surface area contributed by atoms with Crippen molar-refractivity contribution in [1.82, 2.24) is 15.2 Å². The number of nitrogens with one attached hydrogen (secondary N) is 2. The lowest BCUT2D eigenvalue weighted by Gasteiger charge is -2.19. The van der Waals surface area contributed by atoms with Gasteiger partial charge in [0, 0.05) is 18.3 Å². The normalized spacial score (nSPS) is 13.9. The van der Waals surface area contributed by atoms with E-state index in [0.717, 1.165) is 28.5 Å². The van der Waals surface area contributed by atoms with Crippen LogP contribution in [0.2, 0.25) is 0 Å². The minimum atomic E-state index is 0.261. The molecule has 0 radical (unpaired) electrons. The number of fused-ring (bicyclic) bond motifs is 2. The van der Waals surface area contributed by atoms with Crippen LogP contribution in [-0.4, -0.2) is 35.2 Å². The lowest BCUT2D eigenvalue weighted by Crippen LogP contribution is -2.15. The van der Waals surface area contributed by atoms with E-state index in [0.29, 0.717) is 37.3 Å². The second-order valence-corrected chi connectivity index (χ2v) is 6.19. The van der Waals surface area contributed by atoms with Crippen molar-refractivity contribution in [1.29, 1.82) is 0 Å². The molecule has 0 bridgehead atoms. The number of nitrogens with zero attached hydrogens (tertiary/aromatic N) is 3. The van der Waals surface area contributed by atoms with Crippen molar-refractivity contribution < 1.29 is 18.9 Å². The van der Waals surface area contributed by atoms with Crippen molar-refractivity contribution in [2.45, 2.75) is 6.54 Å². The van der Waals surface area contributed by atoms with Crippen molar-refractivity contribution in [3.8, 4) is 23.0 Å². The summed E-state index contributed by atoms with van der Waals surface area (Å²) in [6.45, 7) is 1.92. The zero-order valence-corrected chi connectivity index (χ0v) is 14.8. The fourth-order valence-electron chi connectivity index (χ4n) is 2.94. The average molecular weight is 379 g/mol. The Kier molecular flexibility index (Phi) is 4.17. The van der Waals surface area contributed by atoms with Crippen molar-refractivity contribution in [3.63, 3.8) is 0 Å². The Balaban J connectivity index is 1.26. The Morgan fingerprint density at radius 3 is 2.61 bits per heavy atom. The Hall–Kier alpha value is -3.75. The first-order valence-corrected chi connectivity index (χ1v) is 8.82. The molecular formula is C19H17N5O4. The Morgan fingerprint density at radius 2 is 1.64 bits per heavy atom. The molecule has 9 heteroatoms. The SMILES string of the molecule is c1cc2c(cc1CNc1cnnc(Nc3ccc4c(c3)OCCO4)n1)OCO2. The van der Waals surface area contributed by atoms with Crippen LogP contribution in [0.3, 0.4) is 0 Å². The number of hydrogen-bond donors (Lipinski definition) is 2. The molecule has 0 saturated carbocycles. The lowest BCUT2D eigenvalue weighted by atomic mass is 10.2. The van der Waals surface area contributed by atoms with E-state index in [1.54, 1.807) is 6.20 Å². The van der Waals surface area contributed by atoms with Gasteiger partial charge in [-0.1, -0.05) is 6.07 Å². The Labute approximate surface area is 160 Å². The quantitative estimate of drug-likeness (QED) is 0.693. The molecule has 28 heavy (non-hydrogen) atoms. The summed E-state index contributed by atoms with van der Waals surface area (Å²) in [7, 11) is 0. The highest BCUT2D eigenvalue weighted by molar-refractivity contribution is 5.60. The van der Waals surface area contributed by atoms with Gasteiger partial charge in [-0.25, -0.2) is 0 Å². The van der Waals surface area contributed by atoms with Crippen LogP contribution in [0.5, 0.6) is 23.0 Å². The molecule has 3 heterocycles. The summed E-state index contributed by atoms with van der Waals surface area (Å²) in [6.07, 6.45) is 1.57. The summed E-state index contributed by atoms with van der Waals surface area (Å²) >= 11 is 0. The summed E-state index contributed by atoms with van der Waals surface area (Å²) in [6, 6.07) is 11.4. The smallest absolute Gasteiger partial charge is 0.249 e. The molecule has 0 spiro atoms. The van der Waals surface area contributed by atoms with E-state index in [2.05, 4.69) is 25.8 Å². The summed E-state index contributed by atoms with van der Waals surface area (Å²) < 4.78 is 21.8. The molecule has 0 saturated heterocycles. The zero-order valence-electron chi connectivity index (χ0n) is 14.8. The monoisotopic (exact) mass is 379 g/mol. The molecule has 2 aliphatic rings. The predicted molar refractivity (Wildman–Crippen MR) is 100 cm³/mol. The predicted octanol–water partition coefficient (Wildman–Crippen LogP) is 2.73. The third-order valence-corrected chi connectivity index (χ3v) is 4.27. The molecule has 0 aliphatic carbocycles. The molecule has 2 aromatic carbocycles. The molecule has 5 rings (SSSR count). The number of rotatable bonds is 5. The largest absolute Gasteiger partial charge is 0.486 e. The van der Waals surface area contributed by atoms with Crippen LogP contribution in [0.25, 0.3) is 0 Å². The van der Waals surface area contributed by atoms with Gasteiger partial charge in [0.1, 0.15) is 13.2 Å². The summed E-state index contributed by atoms with van der Waals surface area (Å²) in [5.41, 5.74) is 1.84. The van der Waals surface area contributed by atoms with E-state index in [9.17, 15) is 0 Å². The van der Waals surface area contributed by atoms with Crippen molar-refractivity contribution in [3.05, 3.63) is 48.2 Å². The van der Waals surface area contributed by atoms with Crippen molar-refractivity contribution in [2.75, 3.05) is 30.6 Å². The standard InChI is InChI=1S/C19H17N5O4/c1-3-15-16(28-11-27-15)7-12(1)9-20-18-10-21-24-19(23-18)22-13-2-4-14-17(8-13)26-6-5-25-14/h1-4,7-8,10H,5-6,9,11H2,(H2,20,22,23,24). The summed E-state index contributed by atoms with van der Waals surface area (Å²) in [5, 5.41) is 14.4. The Morgan fingerprint density at radius 1 is 0.857 bits per heavy atom. The number of aromatic nitrogens is 3. The van der Waals surface area contributed by atoms with Crippen LogP contribution in [0.1, 0.15) is 5.56 Å². The molecule has 0 amide bonds. The second-order valence-electron chi connectivity index (χ2n) is 6.19. The molecular weight excluding hydrogens is 362 g/mol. The van der Waals surface area contributed by atoms with Gasteiger partial charge in [0.05, 0.1) is 6.20 Å². The molecule has 1 aromatic heterocycles. The average Bonchev–Trinajstić information content (AvgIpc) is 3.20. The minimum absolute atomic E-state index is 0.261. The van der Waals surface area contributed by atoms with E-state index in [1.807, 2.05) is 36.4 Å². The first kappa shape index (κ1) is 16.4. The van der Waals surface area contributed by atoms with Gasteiger partial charge < -0.3 is 29.6 Å². The maximum Gasteiger partial charge on any atom is 0.249 e. The minimum Gasteiger partial charge on any atom is -0.486 e. The van der Waals surface area contributed by atoms with E-state index in [4.69, 9.17) is 18.9 Å². The number of benzene rings is 2. The first-order chi connectivity index (χ1) is 13.8. The highest BCUT2D eigenvalue weighted by atomic mass is 16.7. The van der Waals surface area contributed by atoms with Gasteiger partial charge in [-0.15, -0.1) is 5.10 Å². The van der Waals surface area contributed by atoms with Crippen LogP contribution < -0.4 is 29.6 Å². The summed E-state index contributed by atoms with van der Waals surface area (Å²) in [4.78, 5) is 4.44. The van der Waals surface area contributed by atoms with Crippen LogP contribution in [0.4, 0.5) is 17.5 Å². The first-order valence-electron chi connectivity index (χ1n) is 8.82. The zero-order chi connectivity index (χ0) is 18.8. The van der Waals surface area contributed by atoms with E-state index < -0.39 is 0 Å². The van der Waals surface area contributed by atoms with Gasteiger partial charge >= 0.3 is 0 Å². The van der Waals surface area contributed by atoms with Crippen LogP contribution in [-0.2, 0) is 6.54 Å². The maximum absolute atomic E-state index is 5.59. The Bertz CT molecular complexity index is 1010. The highest BCUT2D eigenvalue weighted by Gasteiger charge is 2.14. The third kappa shape index (κ3) is 3.41. The topological polar surface area (TPSA) is 99.7 Å². The maximum atomic E-state index is 5.59. The molecule has 0 unspecified atom stereocenters. The fraction of sp³-hybridized carbons (Fsp3) is 0.211. The van der Waals surface area contributed by atoms with E-state index in [1.165, 1.54) is 0 Å². The lowest BCUT2D eigenvalue weighted by molar-refractivity contribution is 0.171. The molecule has 3 aromatic rings. The van der Waals surface area contributed by atoms with Crippen molar-refractivity contribution >= 4 is 17.5 Å². The van der Waals surface area contributed by atoms with Gasteiger partial charge in [0.15, 0.2) is 28.8 Å². The number of hydrogen-bond acceptors (Lipinski definition) is 9. The molecule has 0 atom stereocenters. The molecule has 142 valence electrons. The van der Waals surface area contributed by atoms with Gasteiger partial charge in [-0.3, -0.25) is 0 Å². The second kappa shape index (κ2) is 7.10. The fourth-order valence-corrected chi connectivity index (χ4v) is 2.94. The van der Waals surface area contributed by atoms with Crippen molar-refractivity contribution in [2.24, 2.45) is 0 Å². The third-order valence-electron chi connectivity index (χ3n) is 4.27. The van der Waals surface area contributed by atoms with Gasteiger partial charge in [-0.2, -0.15) is 10.1 Å². The number of anilines is 3. The number of ether oxygens (including phenoxy) is 4. The van der Waals surface area contributed by atoms with Crippen LogP contribution in [0.15, 0.2) is 42.6 Å². The molecule has 9 nitrogen and oxygen atoms in total. The van der Waals surface area contributed by atoms with Crippen LogP contribution >= 0.6 is 0 Å². The van der Waals surface area contributed by atoms with E-state index in [-0.39, 0.29) is 6.79 Å². The molecule has 2 aliphatic heterocycles. The highest BCUT2D eigenvalue weighted by Crippen LogP contribution is 2.34. The van der Waals surface area contributed by atoms with Gasteiger partial charge in [0.25, 0.3) is 0 Å². The summed E-state index contributed by atoms with van der Waals surface area (Å²) in [5.74, 6) is 3.93. The van der Waals surface area contributed by atoms with Gasteiger partial charge in [0.2, 0.25) is 12.7 Å². The molecule has 0 fully saturated rings. The van der Waals surface area contributed by atoms with Gasteiger partial charge in [-0.05, 0) is 29.8 Å². The van der Waals surface area contributed by atoms with E-state index >= 15 is 0 Å². The molecule has 2 N–H and O–H groups in total.